The van der Waals surface area contributed by atoms with Crippen LogP contribution in [0.3, 0.4) is 0 Å². The third-order valence-corrected chi connectivity index (χ3v) is 3.17. The maximum absolute atomic E-state index is 12.4. The van der Waals surface area contributed by atoms with Crippen molar-refractivity contribution in [2.24, 2.45) is 5.92 Å². The third kappa shape index (κ3) is 4.94. The summed E-state index contributed by atoms with van der Waals surface area (Å²) in [5, 5.41) is 12.3. The van der Waals surface area contributed by atoms with Crippen LogP contribution >= 0.6 is 0 Å². The van der Waals surface area contributed by atoms with Gasteiger partial charge in [-0.05, 0) is 29.8 Å². The second-order valence-electron chi connectivity index (χ2n) is 5.50. The Bertz CT molecular complexity index is 682. The van der Waals surface area contributed by atoms with E-state index in [0.29, 0.717) is 12.2 Å². The molecule has 8 heteroatoms. The molecule has 0 radical (unpaired) electrons. The summed E-state index contributed by atoms with van der Waals surface area (Å²) in [4.78, 5) is 11.6. The van der Waals surface area contributed by atoms with E-state index >= 15 is 0 Å². The first-order valence-electron chi connectivity index (χ1n) is 7.30. The van der Waals surface area contributed by atoms with Gasteiger partial charge >= 0.3 is 6.18 Å². The van der Waals surface area contributed by atoms with Gasteiger partial charge in [0.25, 0.3) is 0 Å². The van der Waals surface area contributed by atoms with Crippen molar-refractivity contribution in [1.29, 1.82) is 0 Å². The van der Waals surface area contributed by atoms with Crippen molar-refractivity contribution >= 4 is 17.4 Å². The van der Waals surface area contributed by atoms with Gasteiger partial charge in [-0.25, -0.2) is 0 Å². The van der Waals surface area contributed by atoms with Crippen molar-refractivity contribution in [2.75, 3.05) is 10.6 Å². The zero-order valence-electron chi connectivity index (χ0n) is 13.2. The number of hydrogen-bond acceptors (Lipinski definition) is 4. The first-order valence-corrected chi connectivity index (χ1v) is 7.30. The standard InChI is InChI=1S/C16H17F3N4O/c1-10(2)15(24)21-12-5-3-11(4-6-12)9-20-14-8-7-13(22-23-14)16(17,18)19/h3-8,10H,9H2,1-2H3,(H,20,23)(H,21,24). The van der Waals surface area contributed by atoms with Crippen LogP contribution in [0.1, 0.15) is 25.1 Å². The first kappa shape index (κ1) is 17.7. The van der Waals surface area contributed by atoms with Gasteiger partial charge in [-0.1, -0.05) is 26.0 Å². The van der Waals surface area contributed by atoms with Gasteiger partial charge in [0.05, 0.1) is 0 Å². The van der Waals surface area contributed by atoms with E-state index in [1.807, 2.05) is 0 Å². The minimum atomic E-state index is -4.50. The molecule has 0 unspecified atom stereocenters. The van der Waals surface area contributed by atoms with Crippen LogP contribution in [0.4, 0.5) is 24.7 Å². The molecule has 0 saturated carbocycles. The van der Waals surface area contributed by atoms with Crippen LogP contribution in [0.2, 0.25) is 0 Å². The second kappa shape index (κ2) is 7.29. The summed E-state index contributed by atoms with van der Waals surface area (Å²) in [6, 6.07) is 9.24. The molecule has 0 aliphatic heterocycles. The van der Waals surface area contributed by atoms with E-state index in [-0.39, 0.29) is 17.6 Å². The van der Waals surface area contributed by atoms with Crippen molar-refractivity contribution in [3.05, 3.63) is 47.7 Å². The van der Waals surface area contributed by atoms with Gasteiger partial charge in [-0.15, -0.1) is 10.2 Å². The van der Waals surface area contributed by atoms with Crippen LogP contribution in [0.25, 0.3) is 0 Å². The maximum atomic E-state index is 12.4. The molecule has 24 heavy (non-hydrogen) atoms. The molecule has 1 aromatic carbocycles. The SMILES string of the molecule is CC(C)C(=O)Nc1ccc(CNc2ccc(C(F)(F)F)nn2)cc1. The Kier molecular flexibility index (Phi) is 5.38. The number of halogens is 3. The van der Waals surface area contributed by atoms with Crippen molar-refractivity contribution in [1.82, 2.24) is 10.2 Å². The molecule has 2 N–H and O–H groups in total. The van der Waals surface area contributed by atoms with E-state index in [4.69, 9.17) is 0 Å². The Labute approximate surface area is 137 Å². The predicted octanol–water partition coefficient (Wildman–Crippen LogP) is 3.70. The molecule has 0 bridgehead atoms. The van der Waals surface area contributed by atoms with Gasteiger partial charge in [0, 0.05) is 18.2 Å². The number of carbonyl (C=O) groups excluding carboxylic acids is 1. The van der Waals surface area contributed by atoms with E-state index in [1.165, 1.54) is 6.07 Å². The number of rotatable bonds is 5. The fourth-order valence-corrected chi connectivity index (χ4v) is 1.76. The molecule has 1 aromatic heterocycles. The van der Waals surface area contributed by atoms with Crippen LogP contribution in [0.5, 0.6) is 0 Å². The average molecular weight is 338 g/mol. The molecule has 0 spiro atoms. The maximum Gasteiger partial charge on any atom is 0.435 e. The zero-order valence-corrected chi connectivity index (χ0v) is 13.2. The molecule has 0 aliphatic carbocycles. The Morgan fingerprint density at radius 2 is 1.75 bits per heavy atom. The summed E-state index contributed by atoms with van der Waals surface area (Å²) in [6.45, 7) is 3.98. The van der Waals surface area contributed by atoms with Crippen LogP contribution in [0.15, 0.2) is 36.4 Å². The van der Waals surface area contributed by atoms with Gasteiger partial charge in [0.2, 0.25) is 5.91 Å². The largest absolute Gasteiger partial charge is 0.435 e. The number of nitrogens with one attached hydrogen (secondary N) is 2. The fraction of sp³-hybridized carbons (Fsp3) is 0.312. The quantitative estimate of drug-likeness (QED) is 0.872. The summed E-state index contributed by atoms with van der Waals surface area (Å²) >= 11 is 0. The van der Waals surface area contributed by atoms with Crippen molar-refractivity contribution in [3.63, 3.8) is 0 Å². The summed E-state index contributed by atoms with van der Waals surface area (Å²) < 4.78 is 37.2. The summed E-state index contributed by atoms with van der Waals surface area (Å²) in [5.41, 5.74) is 0.546. The molecule has 2 rings (SSSR count). The molecule has 1 heterocycles. The number of aromatic nitrogens is 2. The van der Waals surface area contributed by atoms with E-state index in [2.05, 4.69) is 20.8 Å². The fourth-order valence-electron chi connectivity index (χ4n) is 1.76. The average Bonchev–Trinajstić information content (AvgIpc) is 2.53. The molecule has 0 saturated heterocycles. The highest BCUT2D eigenvalue weighted by molar-refractivity contribution is 5.92. The molecule has 5 nitrogen and oxygen atoms in total. The number of amides is 1. The lowest BCUT2D eigenvalue weighted by molar-refractivity contribution is -0.141. The van der Waals surface area contributed by atoms with E-state index < -0.39 is 11.9 Å². The van der Waals surface area contributed by atoms with Crippen LogP contribution in [-0.4, -0.2) is 16.1 Å². The Hall–Kier alpha value is -2.64. The molecule has 0 fully saturated rings. The van der Waals surface area contributed by atoms with Gasteiger partial charge in [0.15, 0.2) is 5.69 Å². The predicted molar refractivity (Wildman–Crippen MR) is 84.3 cm³/mol. The summed E-state index contributed by atoms with van der Waals surface area (Å²) in [6.07, 6.45) is -4.50. The van der Waals surface area contributed by atoms with E-state index in [9.17, 15) is 18.0 Å². The van der Waals surface area contributed by atoms with Gasteiger partial charge in [0.1, 0.15) is 5.82 Å². The van der Waals surface area contributed by atoms with Gasteiger partial charge < -0.3 is 10.6 Å². The monoisotopic (exact) mass is 338 g/mol. The van der Waals surface area contributed by atoms with Crippen molar-refractivity contribution < 1.29 is 18.0 Å². The normalized spacial score (nSPS) is 11.4. The molecule has 0 atom stereocenters. The minimum Gasteiger partial charge on any atom is -0.365 e. The smallest absolute Gasteiger partial charge is 0.365 e. The van der Waals surface area contributed by atoms with E-state index in [0.717, 1.165) is 11.6 Å². The Balaban J connectivity index is 1.91. The van der Waals surface area contributed by atoms with Crippen molar-refractivity contribution in [3.8, 4) is 0 Å². The molecular weight excluding hydrogens is 321 g/mol. The third-order valence-electron chi connectivity index (χ3n) is 3.17. The number of carbonyl (C=O) groups is 1. The lowest BCUT2D eigenvalue weighted by Gasteiger charge is -2.10. The van der Waals surface area contributed by atoms with Crippen molar-refractivity contribution in [2.45, 2.75) is 26.6 Å². The number of alkyl halides is 3. The lowest BCUT2D eigenvalue weighted by Crippen LogP contribution is -2.17. The molecule has 1 amide bonds. The van der Waals surface area contributed by atoms with E-state index in [1.54, 1.807) is 38.1 Å². The van der Waals surface area contributed by atoms with Gasteiger partial charge in [-0.3, -0.25) is 4.79 Å². The Morgan fingerprint density at radius 1 is 1.08 bits per heavy atom. The highest BCUT2D eigenvalue weighted by atomic mass is 19.4. The van der Waals surface area contributed by atoms with Crippen LogP contribution in [-0.2, 0) is 17.5 Å². The Morgan fingerprint density at radius 3 is 2.25 bits per heavy atom. The zero-order chi connectivity index (χ0) is 17.7. The molecular formula is C16H17F3N4O. The number of anilines is 2. The van der Waals surface area contributed by atoms with Crippen LogP contribution < -0.4 is 10.6 Å². The summed E-state index contributed by atoms with van der Waals surface area (Å²) in [5.74, 6) is 0.0747. The molecule has 2 aromatic rings. The topological polar surface area (TPSA) is 66.9 Å². The van der Waals surface area contributed by atoms with Gasteiger partial charge in [-0.2, -0.15) is 13.2 Å². The highest BCUT2D eigenvalue weighted by Crippen LogP contribution is 2.27. The molecule has 128 valence electrons. The first-order chi connectivity index (χ1) is 11.3. The number of nitrogens with zero attached hydrogens (tertiary/aromatic N) is 2. The number of benzene rings is 1. The minimum absolute atomic E-state index is 0.0686. The molecule has 0 aliphatic rings. The van der Waals surface area contributed by atoms with Crippen LogP contribution in [0, 0.1) is 5.92 Å². The highest BCUT2D eigenvalue weighted by Gasteiger charge is 2.32. The second-order valence-corrected chi connectivity index (χ2v) is 5.50. The number of hydrogen-bond donors (Lipinski definition) is 2. The summed E-state index contributed by atoms with van der Waals surface area (Å²) in [7, 11) is 0. The lowest BCUT2D eigenvalue weighted by atomic mass is 10.1.